The molecule has 0 saturated heterocycles. The fraction of sp³-hybridized carbons (Fsp3) is 0.167. The molecule has 0 atom stereocenters. The largest absolute Gasteiger partial charge is 0.418 e. The Bertz CT molecular complexity index is 604. The molecule has 0 saturated carbocycles. The molecule has 0 aliphatic heterocycles. The molecule has 1 heterocycles. The summed E-state index contributed by atoms with van der Waals surface area (Å²) >= 11 is 0. The minimum Gasteiger partial charge on any atom is -0.320 e. The van der Waals surface area contributed by atoms with Crippen LogP contribution in [-0.4, -0.2) is 15.7 Å². The average molecular weight is 269 g/mol. The zero-order chi connectivity index (χ0) is 14.0. The number of carbonyl (C=O) groups excluding carboxylic acids is 1. The van der Waals surface area contributed by atoms with Gasteiger partial charge in [0.15, 0.2) is 5.69 Å². The van der Waals surface area contributed by atoms with E-state index in [1.54, 1.807) is 7.05 Å². The van der Waals surface area contributed by atoms with Crippen molar-refractivity contribution < 1.29 is 18.0 Å². The molecule has 0 fully saturated rings. The van der Waals surface area contributed by atoms with E-state index in [4.69, 9.17) is 0 Å². The van der Waals surface area contributed by atoms with Gasteiger partial charge in [0.1, 0.15) is 0 Å². The fourth-order valence-electron chi connectivity index (χ4n) is 1.56. The lowest BCUT2D eigenvalue weighted by atomic mass is 10.1. The van der Waals surface area contributed by atoms with E-state index < -0.39 is 17.6 Å². The molecule has 100 valence electrons. The molecule has 1 N–H and O–H groups in total. The highest BCUT2D eigenvalue weighted by atomic mass is 19.4. The van der Waals surface area contributed by atoms with E-state index in [0.29, 0.717) is 0 Å². The first-order valence-electron chi connectivity index (χ1n) is 5.35. The van der Waals surface area contributed by atoms with Gasteiger partial charge in [0, 0.05) is 13.2 Å². The molecule has 0 aliphatic carbocycles. The normalized spacial score (nSPS) is 11.4. The van der Waals surface area contributed by atoms with Crippen LogP contribution in [0.5, 0.6) is 0 Å². The van der Waals surface area contributed by atoms with E-state index in [1.165, 1.54) is 35.1 Å². The van der Waals surface area contributed by atoms with E-state index in [9.17, 15) is 18.0 Å². The van der Waals surface area contributed by atoms with E-state index >= 15 is 0 Å². The molecule has 1 aromatic heterocycles. The van der Waals surface area contributed by atoms with Gasteiger partial charge in [-0.1, -0.05) is 12.1 Å². The maximum atomic E-state index is 12.7. The van der Waals surface area contributed by atoms with Crippen molar-refractivity contribution in [2.75, 3.05) is 5.32 Å². The molecule has 19 heavy (non-hydrogen) atoms. The van der Waals surface area contributed by atoms with Gasteiger partial charge < -0.3 is 5.32 Å². The van der Waals surface area contributed by atoms with Crippen LogP contribution in [0.15, 0.2) is 36.5 Å². The average Bonchev–Trinajstić information content (AvgIpc) is 2.75. The van der Waals surface area contributed by atoms with Crippen molar-refractivity contribution in [2.45, 2.75) is 6.18 Å². The summed E-state index contributed by atoms with van der Waals surface area (Å²) in [7, 11) is 1.61. The lowest BCUT2D eigenvalue weighted by Crippen LogP contribution is -2.17. The molecule has 0 spiro atoms. The minimum absolute atomic E-state index is 0.0551. The molecule has 2 rings (SSSR count). The number of anilines is 1. The van der Waals surface area contributed by atoms with Gasteiger partial charge in [-0.3, -0.25) is 9.48 Å². The molecule has 1 amide bonds. The second-order valence-electron chi connectivity index (χ2n) is 3.87. The van der Waals surface area contributed by atoms with Crippen LogP contribution in [0.3, 0.4) is 0 Å². The van der Waals surface area contributed by atoms with Gasteiger partial charge in [-0.25, -0.2) is 0 Å². The van der Waals surface area contributed by atoms with Gasteiger partial charge in [-0.05, 0) is 18.2 Å². The van der Waals surface area contributed by atoms with Gasteiger partial charge in [0.05, 0.1) is 11.3 Å². The van der Waals surface area contributed by atoms with Crippen LogP contribution in [0.4, 0.5) is 18.9 Å². The topological polar surface area (TPSA) is 46.9 Å². The van der Waals surface area contributed by atoms with Gasteiger partial charge in [0.2, 0.25) is 0 Å². The van der Waals surface area contributed by atoms with Crippen molar-refractivity contribution in [3.63, 3.8) is 0 Å². The smallest absolute Gasteiger partial charge is 0.320 e. The highest BCUT2D eigenvalue weighted by molar-refractivity contribution is 6.03. The van der Waals surface area contributed by atoms with E-state index in [1.807, 2.05) is 0 Å². The number of carbonyl (C=O) groups is 1. The Hall–Kier alpha value is -2.31. The highest BCUT2D eigenvalue weighted by Crippen LogP contribution is 2.34. The summed E-state index contributed by atoms with van der Waals surface area (Å²) in [4.78, 5) is 11.8. The molecule has 0 unspecified atom stereocenters. The number of aromatic nitrogens is 2. The Labute approximate surface area is 106 Å². The highest BCUT2D eigenvalue weighted by Gasteiger charge is 2.33. The number of nitrogens with one attached hydrogen (secondary N) is 1. The number of amides is 1. The quantitative estimate of drug-likeness (QED) is 0.911. The lowest BCUT2D eigenvalue weighted by Gasteiger charge is -2.12. The van der Waals surface area contributed by atoms with Gasteiger partial charge >= 0.3 is 6.18 Å². The maximum Gasteiger partial charge on any atom is 0.418 e. The van der Waals surface area contributed by atoms with Crippen molar-refractivity contribution in [3.05, 3.63) is 47.8 Å². The second-order valence-corrected chi connectivity index (χ2v) is 3.87. The van der Waals surface area contributed by atoms with Crippen LogP contribution >= 0.6 is 0 Å². The summed E-state index contributed by atoms with van der Waals surface area (Å²) < 4.78 is 39.6. The van der Waals surface area contributed by atoms with Crippen LogP contribution < -0.4 is 5.32 Å². The number of hydrogen-bond donors (Lipinski definition) is 1. The van der Waals surface area contributed by atoms with Crippen molar-refractivity contribution >= 4 is 11.6 Å². The zero-order valence-corrected chi connectivity index (χ0v) is 9.90. The Balaban J connectivity index is 2.27. The van der Waals surface area contributed by atoms with E-state index in [0.717, 1.165) is 6.07 Å². The van der Waals surface area contributed by atoms with Crippen molar-refractivity contribution in [2.24, 2.45) is 7.05 Å². The van der Waals surface area contributed by atoms with E-state index in [2.05, 4.69) is 10.4 Å². The number of nitrogens with zero attached hydrogens (tertiary/aromatic N) is 2. The molecule has 0 aliphatic rings. The summed E-state index contributed by atoms with van der Waals surface area (Å²) in [5.41, 5.74) is -1.12. The molecule has 0 radical (unpaired) electrons. The summed E-state index contributed by atoms with van der Waals surface area (Å²) in [5, 5.41) is 6.03. The monoisotopic (exact) mass is 269 g/mol. The molecular weight excluding hydrogens is 259 g/mol. The van der Waals surface area contributed by atoms with Crippen LogP contribution in [0.1, 0.15) is 16.1 Å². The van der Waals surface area contributed by atoms with Gasteiger partial charge in [-0.15, -0.1) is 0 Å². The SMILES string of the molecule is Cn1ccc(C(=O)Nc2ccccc2C(F)(F)F)n1. The molecule has 0 bridgehead atoms. The summed E-state index contributed by atoms with van der Waals surface area (Å²) in [6, 6.07) is 6.21. The maximum absolute atomic E-state index is 12.7. The third kappa shape index (κ3) is 2.93. The standard InChI is InChI=1S/C12H10F3N3O/c1-18-7-6-10(17-18)11(19)16-9-5-3-2-4-8(9)12(13,14)15/h2-7H,1H3,(H,16,19). The Morgan fingerprint density at radius 3 is 2.53 bits per heavy atom. The number of para-hydroxylation sites is 1. The molecular formula is C12H10F3N3O. The number of rotatable bonds is 2. The first-order chi connectivity index (χ1) is 8.88. The molecule has 2 aromatic rings. The Kier molecular flexibility index (Phi) is 3.28. The predicted molar refractivity (Wildman–Crippen MR) is 62.6 cm³/mol. The molecule has 4 nitrogen and oxygen atoms in total. The van der Waals surface area contributed by atoms with Crippen LogP contribution in [-0.2, 0) is 13.2 Å². The fourth-order valence-corrected chi connectivity index (χ4v) is 1.56. The van der Waals surface area contributed by atoms with Crippen LogP contribution in [0.25, 0.3) is 0 Å². The van der Waals surface area contributed by atoms with Gasteiger partial charge in [0.25, 0.3) is 5.91 Å². The molecule has 7 heteroatoms. The number of hydrogen-bond acceptors (Lipinski definition) is 2. The Morgan fingerprint density at radius 2 is 1.95 bits per heavy atom. The lowest BCUT2D eigenvalue weighted by molar-refractivity contribution is -0.136. The summed E-state index contributed by atoms with van der Waals surface area (Å²) in [5.74, 6) is -0.683. The van der Waals surface area contributed by atoms with Crippen LogP contribution in [0.2, 0.25) is 0 Å². The Morgan fingerprint density at radius 1 is 1.26 bits per heavy atom. The van der Waals surface area contributed by atoms with Gasteiger partial charge in [-0.2, -0.15) is 18.3 Å². The first-order valence-corrected chi connectivity index (χ1v) is 5.35. The number of benzene rings is 1. The van der Waals surface area contributed by atoms with Crippen molar-refractivity contribution in [1.82, 2.24) is 9.78 Å². The van der Waals surface area contributed by atoms with E-state index in [-0.39, 0.29) is 11.4 Å². The van der Waals surface area contributed by atoms with Crippen LogP contribution in [0, 0.1) is 0 Å². The summed E-state index contributed by atoms with van der Waals surface area (Å²) in [6.45, 7) is 0. The molecule has 1 aromatic carbocycles. The predicted octanol–water partition coefficient (Wildman–Crippen LogP) is 2.69. The first kappa shape index (κ1) is 13.1. The third-order valence-electron chi connectivity index (χ3n) is 2.43. The van der Waals surface area contributed by atoms with Crippen molar-refractivity contribution in [1.29, 1.82) is 0 Å². The third-order valence-corrected chi connectivity index (χ3v) is 2.43. The number of alkyl halides is 3. The second kappa shape index (κ2) is 4.75. The van der Waals surface area contributed by atoms with Crippen molar-refractivity contribution in [3.8, 4) is 0 Å². The minimum atomic E-state index is -4.52. The number of halogens is 3. The number of aryl methyl sites for hydroxylation is 1. The zero-order valence-electron chi connectivity index (χ0n) is 9.90. The summed E-state index contributed by atoms with van der Waals surface area (Å²) in [6.07, 6.45) is -2.99.